The molecule has 0 unspecified atom stereocenters. The predicted octanol–water partition coefficient (Wildman–Crippen LogP) is 2.73. The Balaban J connectivity index is 1.59. The minimum Gasteiger partial charge on any atom is -0.395 e. The van der Waals surface area contributed by atoms with Crippen molar-refractivity contribution in [1.82, 2.24) is 15.1 Å². The first-order valence-corrected chi connectivity index (χ1v) is 13.0. The molecule has 0 saturated heterocycles. The summed E-state index contributed by atoms with van der Waals surface area (Å²) in [4.78, 5) is 45.9. The summed E-state index contributed by atoms with van der Waals surface area (Å²) >= 11 is 0. The largest absolute Gasteiger partial charge is 0.395 e. The van der Waals surface area contributed by atoms with Gasteiger partial charge in [-0.25, -0.2) is 4.99 Å². The van der Waals surface area contributed by atoms with Gasteiger partial charge in [0.05, 0.1) is 12.3 Å². The van der Waals surface area contributed by atoms with Crippen LogP contribution in [0.3, 0.4) is 0 Å². The molecular formula is C27H41N5O4. The van der Waals surface area contributed by atoms with Gasteiger partial charge >= 0.3 is 0 Å². The molecule has 198 valence electrons. The highest BCUT2D eigenvalue weighted by Gasteiger charge is 2.24. The van der Waals surface area contributed by atoms with Crippen LogP contribution in [0.4, 0.5) is 5.69 Å². The first-order chi connectivity index (χ1) is 17.1. The number of nitrogens with zero attached hydrogens (tertiary/aromatic N) is 3. The van der Waals surface area contributed by atoms with Crippen molar-refractivity contribution in [1.29, 1.82) is 0 Å². The summed E-state index contributed by atoms with van der Waals surface area (Å²) in [5.74, 6) is 0.377. The highest BCUT2D eigenvalue weighted by molar-refractivity contribution is 5.99. The first-order valence-electron chi connectivity index (χ1n) is 13.0. The lowest BCUT2D eigenvalue weighted by Crippen LogP contribution is -2.49. The van der Waals surface area contributed by atoms with Gasteiger partial charge in [0, 0.05) is 43.6 Å². The van der Waals surface area contributed by atoms with E-state index in [9.17, 15) is 19.5 Å². The number of Topliss-reactive ketones (excluding diaryl/α,β-unsaturated/α-hetero) is 1. The standard InChI is InChI=1S/C27H41N5O4/c1-27(2,3)30-24(35)18-32-17-21-15-20(9-10-22(21)29-26(32)28)23(34)11-12-25(36)31(13-14-33)16-19-7-5-4-6-8-19/h9-10,15,19,33H,4-8,11-14,16-18H2,1-3H3,(H2,28,29)(H,30,35). The fourth-order valence-electron chi connectivity index (χ4n) is 4.89. The Hall–Kier alpha value is -2.94. The molecule has 36 heavy (non-hydrogen) atoms. The molecular weight excluding hydrogens is 458 g/mol. The van der Waals surface area contributed by atoms with Gasteiger partial charge in [-0.3, -0.25) is 14.4 Å². The highest BCUT2D eigenvalue weighted by atomic mass is 16.3. The van der Waals surface area contributed by atoms with Gasteiger partial charge in [0.15, 0.2) is 11.7 Å². The third-order valence-electron chi connectivity index (χ3n) is 6.66. The number of nitrogens with two attached hydrogens (primary N) is 1. The van der Waals surface area contributed by atoms with Gasteiger partial charge in [0.25, 0.3) is 0 Å². The lowest BCUT2D eigenvalue weighted by molar-refractivity contribution is -0.132. The molecule has 9 nitrogen and oxygen atoms in total. The molecule has 1 saturated carbocycles. The Morgan fingerprint density at radius 1 is 1.17 bits per heavy atom. The van der Waals surface area contributed by atoms with E-state index in [2.05, 4.69) is 10.3 Å². The van der Waals surface area contributed by atoms with Crippen LogP contribution in [0.5, 0.6) is 0 Å². The van der Waals surface area contributed by atoms with Crippen molar-refractivity contribution < 1.29 is 19.5 Å². The molecule has 0 spiro atoms. The van der Waals surface area contributed by atoms with Crippen molar-refractivity contribution in [2.45, 2.75) is 77.8 Å². The second-order valence-electron chi connectivity index (χ2n) is 11.0. The molecule has 2 amide bonds. The zero-order valence-corrected chi connectivity index (χ0v) is 21.9. The molecule has 1 fully saturated rings. The molecule has 1 heterocycles. The zero-order valence-electron chi connectivity index (χ0n) is 21.9. The van der Waals surface area contributed by atoms with E-state index < -0.39 is 0 Å². The molecule has 1 aliphatic carbocycles. The molecule has 0 radical (unpaired) electrons. The lowest BCUT2D eigenvalue weighted by atomic mass is 9.89. The number of carbonyl (C=O) groups is 3. The average Bonchev–Trinajstić information content (AvgIpc) is 2.81. The predicted molar refractivity (Wildman–Crippen MR) is 140 cm³/mol. The van der Waals surface area contributed by atoms with Crippen molar-refractivity contribution in [2.75, 3.05) is 26.2 Å². The summed E-state index contributed by atoms with van der Waals surface area (Å²) in [6.45, 7) is 7.06. The van der Waals surface area contributed by atoms with Crippen LogP contribution >= 0.6 is 0 Å². The van der Waals surface area contributed by atoms with Crippen molar-refractivity contribution in [3.05, 3.63) is 29.3 Å². The van der Waals surface area contributed by atoms with E-state index in [0.717, 1.165) is 18.4 Å². The number of rotatable bonds is 10. The Labute approximate surface area is 214 Å². The van der Waals surface area contributed by atoms with E-state index in [1.807, 2.05) is 20.8 Å². The second kappa shape index (κ2) is 12.3. The molecule has 3 rings (SSSR count). The van der Waals surface area contributed by atoms with Crippen LogP contribution in [0.1, 0.15) is 81.6 Å². The maximum absolute atomic E-state index is 12.9. The third kappa shape index (κ3) is 8.05. The maximum atomic E-state index is 12.9. The molecule has 1 aliphatic heterocycles. The Kier molecular flexibility index (Phi) is 9.48. The smallest absolute Gasteiger partial charge is 0.240 e. The van der Waals surface area contributed by atoms with Crippen LogP contribution < -0.4 is 11.1 Å². The van der Waals surface area contributed by atoms with Gasteiger partial charge in [0.1, 0.15) is 6.54 Å². The number of aliphatic imine (C=N–C) groups is 1. The number of benzene rings is 1. The molecule has 1 aromatic carbocycles. The van der Waals surface area contributed by atoms with E-state index >= 15 is 0 Å². The number of hydrogen-bond donors (Lipinski definition) is 3. The minimum atomic E-state index is -0.350. The van der Waals surface area contributed by atoms with Crippen LogP contribution in [0.2, 0.25) is 0 Å². The van der Waals surface area contributed by atoms with Gasteiger partial charge in [0.2, 0.25) is 11.8 Å². The number of aliphatic hydroxyl groups is 1. The quantitative estimate of drug-likeness (QED) is 0.425. The summed E-state index contributed by atoms with van der Waals surface area (Å²) in [6, 6.07) is 5.24. The number of ketones is 1. The Morgan fingerprint density at radius 2 is 1.89 bits per heavy atom. The Bertz CT molecular complexity index is 979. The number of fused-ring (bicyclic) bond motifs is 1. The molecule has 2 aliphatic rings. The maximum Gasteiger partial charge on any atom is 0.240 e. The second-order valence-corrected chi connectivity index (χ2v) is 11.0. The number of guanidine groups is 1. The van der Waals surface area contributed by atoms with Gasteiger partial charge in [-0.15, -0.1) is 0 Å². The normalized spacial score (nSPS) is 16.2. The van der Waals surface area contributed by atoms with Crippen LogP contribution in [-0.2, 0) is 16.1 Å². The number of aliphatic hydroxyl groups excluding tert-OH is 1. The summed E-state index contributed by atoms with van der Waals surface area (Å²) < 4.78 is 0. The molecule has 0 bridgehead atoms. The number of carbonyl (C=O) groups excluding carboxylic acids is 3. The van der Waals surface area contributed by atoms with Crippen molar-refractivity contribution in [2.24, 2.45) is 16.6 Å². The van der Waals surface area contributed by atoms with Crippen molar-refractivity contribution >= 4 is 29.2 Å². The zero-order chi connectivity index (χ0) is 26.3. The van der Waals surface area contributed by atoms with Crippen LogP contribution in [0.15, 0.2) is 23.2 Å². The molecule has 0 aromatic heterocycles. The van der Waals surface area contributed by atoms with E-state index in [-0.39, 0.29) is 55.1 Å². The molecule has 4 N–H and O–H groups in total. The van der Waals surface area contributed by atoms with Crippen LogP contribution in [0, 0.1) is 5.92 Å². The van der Waals surface area contributed by atoms with Gasteiger partial charge in [-0.1, -0.05) is 19.3 Å². The lowest BCUT2D eigenvalue weighted by Gasteiger charge is -2.30. The van der Waals surface area contributed by atoms with E-state index in [0.29, 0.717) is 36.8 Å². The Morgan fingerprint density at radius 3 is 2.56 bits per heavy atom. The van der Waals surface area contributed by atoms with Crippen LogP contribution in [0.25, 0.3) is 0 Å². The van der Waals surface area contributed by atoms with Gasteiger partial charge < -0.3 is 26.0 Å². The fourth-order valence-corrected chi connectivity index (χ4v) is 4.89. The highest BCUT2D eigenvalue weighted by Crippen LogP contribution is 2.27. The molecule has 0 atom stereocenters. The van der Waals surface area contributed by atoms with Crippen molar-refractivity contribution in [3.8, 4) is 0 Å². The SMILES string of the molecule is CC(C)(C)NC(=O)CN1Cc2cc(C(=O)CCC(=O)N(CCO)CC3CCCCC3)ccc2N=C1N. The first kappa shape index (κ1) is 27.6. The fraction of sp³-hybridized carbons (Fsp3) is 0.630. The average molecular weight is 500 g/mol. The summed E-state index contributed by atoms with van der Waals surface area (Å²) in [5.41, 5.74) is 7.72. The van der Waals surface area contributed by atoms with Gasteiger partial charge in [-0.05, 0) is 63.3 Å². The monoisotopic (exact) mass is 499 g/mol. The van der Waals surface area contributed by atoms with Crippen molar-refractivity contribution in [3.63, 3.8) is 0 Å². The number of hydrogen-bond acceptors (Lipinski definition) is 7. The van der Waals surface area contributed by atoms with E-state index in [4.69, 9.17) is 5.73 Å². The molecule has 1 aromatic rings. The molecule has 9 heteroatoms. The van der Waals surface area contributed by atoms with Gasteiger partial charge in [-0.2, -0.15) is 0 Å². The minimum absolute atomic E-state index is 0.0698. The summed E-state index contributed by atoms with van der Waals surface area (Å²) in [6.07, 6.45) is 6.09. The topological polar surface area (TPSA) is 128 Å². The van der Waals surface area contributed by atoms with E-state index in [1.165, 1.54) is 19.3 Å². The summed E-state index contributed by atoms with van der Waals surface area (Å²) in [5, 5.41) is 12.3. The van der Waals surface area contributed by atoms with Crippen LogP contribution in [-0.4, -0.2) is 70.2 Å². The van der Waals surface area contributed by atoms with E-state index in [1.54, 1.807) is 28.0 Å². The third-order valence-corrected chi connectivity index (χ3v) is 6.66. The number of nitrogens with one attached hydrogen (secondary N) is 1. The summed E-state index contributed by atoms with van der Waals surface area (Å²) in [7, 11) is 0. The number of amides is 2.